The molecular formula is C31H36ClN9. The molecule has 1 aliphatic carbocycles. The van der Waals surface area contributed by atoms with Gasteiger partial charge in [-0.05, 0) is 75.0 Å². The number of nitrogens with two attached hydrogens (primary N) is 1. The molecule has 10 heteroatoms. The van der Waals surface area contributed by atoms with Crippen LogP contribution in [0, 0.1) is 6.92 Å². The number of nitrogens with zero attached hydrogens (tertiary/aromatic N) is 6. The lowest BCUT2D eigenvalue weighted by Gasteiger charge is -2.41. The molecule has 4 N–H and O–H groups in total. The van der Waals surface area contributed by atoms with E-state index in [0.29, 0.717) is 28.9 Å². The van der Waals surface area contributed by atoms with Crippen molar-refractivity contribution in [1.82, 2.24) is 34.3 Å². The van der Waals surface area contributed by atoms with Crippen molar-refractivity contribution in [3.05, 3.63) is 59.5 Å². The molecule has 0 radical (unpaired) electrons. The summed E-state index contributed by atoms with van der Waals surface area (Å²) in [5, 5.41) is 4.94. The molecule has 3 aromatic heterocycles. The van der Waals surface area contributed by atoms with Gasteiger partial charge in [0.05, 0.1) is 15.9 Å². The smallest absolute Gasteiger partial charge is 0.205 e. The van der Waals surface area contributed by atoms with Crippen molar-refractivity contribution in [2.45, 2.75) is 44.7 Å². The Bertz CT molecular complexity index is 1690. The van der Waals surface area contributed by atoms with E-state index in [4.69, 9.17) is 22.3 Å². The first-order valence-electron chi connectivity index (χ1n) is 14.5. The SMILES string of the molecule is Cc1cc(Cl)c2nc(Nc3ccc(-c4cn([C@H]5CC[C@@H](N6CCN(C)CC6)CC5)c5ncnc(N)c45)cc3)[nH]c2c1. The number of likely N-dealkylation sites (N-methyl/N-ethyl adjacent to an activating group) is 1. The van der Waals surface area contributed by atoms with E-state index in [9.17, 15) is 0 Å². The van der Waals surface area contributed by atoms with E-state index in [1.807, 2.05) is 19.1 Å². The summed E-state index contributed by atoms with van der Waals surface area (Å²) in [6, 6.07) is 13.4. The summed E-state index contributed by atoms with van der Waals surface area (Å²) in [5.41, 5.74) is 13.2. The van der Waals surface area contributed by atoms with E-state index in [0.717, 1.165) is 57.3 Å². The summed E-state index contributed by atoms with van der Waals surface area (Å²) < 4.78 is 2.36. The van der Waals surface area contributed by atoms with Crippen molar-refractivity contribution in [3.8, 4) is 11.1 Å². The molecule has 1 saturated heterocycles. The van der Waals surface area contributed by atoms with Crippen LogP contribution in [0.4, 0.5) is 17.5 Å². The molecule has 212 valence electrons. The maximum atomic E-state index is 6.45. The van der Waals surface area contributed by atoms with Gasteiger partial charge >= 0.3 is 0 Å². The van der Waals surface area contributed by atoms with Gasteiger partial charge in [0.1, 0.15) is 23.3 Å². The molecule has 0 atom stereocenters. The number of hydrogen-bond acceptors (Lipinski definition) is 7. The number of imidazole rings is 1. The predicted molar refractivity (Wildman–Crippen MR) is 167 cm³/mol. The van der Waals surface area contributed by atoms with Crippen LogP contribution in [0.15, 0.2) is 48.9 Å². The molecule has 2 fully saturated rings. The Balaban J connectivity index is 1.12. The Hall–Kier alpha value is -3.66. The van der Waals surface area contributed by atoms with Crippen LogP contribution in [0.3, 0.4) is 0 Å². The summed E-state index contributed by atoms with van der Waals surface area (Å²) in [5.74, 6) is 1.17. The van der Waals surface area contributed by atoms with Crippen LogP contribution in [0.25, 0.3) is 33.2 Å². The van der Waals surface area contributed by atoms with Crippen LogP contribution in [0.1, 0.15) is 37.3 Å². The minimum absolute atomic E-state index is 0.411. The second-order valence-corrected chi connectivity index (χ2v) is 12.0. The number of fused-ring (bicyclic) bond motifs is 2. The molecule has 0 spiro atoms. The van der Waals surface area contributed by atoms with Crippen LogP contribution in [-0.2, 0) is 0 Å². The third-order valence-corrected chi connectivity index (χ3v) is 9.18. The fourth-order valence-corrected chi connectivity index (χ4v) is 6.95. The lowest BCUT2D eigenvalue weighted by molar-refractivity contribution is 0.0828. The van der Waals surface area contributed by atoms with Crippen LogP contribution in [0.2, 0.25) is 5.02 Å². The summed E-state index contributed by atoms with van der Waals surface area (Å²) in [6.07, 6.45) is 8.56. The van der Waals surface area contributed by atoms with E-state index in [1.165, 1.54) is 39.0 Å². The number of nitrogens with one attached hydrogen (secondary N) is 2. The van der Waals surface area contributed by atoms with Crippen LogP contribution < -0.4 is 11.1 Å². The fraction of sp³-hybridized carbons (Fsp3) is 0.387. The Labute approximate surface area is 244 Å². The zero-order chi connectivity index (χ0) is 28.1. The lowest BCUT2D eigenvalue weighted by Crippen LogP contribution is -2.49. The van der Waals surface area contributed by atoms with Crippen LogP contribution >= 0.6 is 11.6 Å². The molecule has 4 heterocycles. The number of benzene rings is 2. The molecule has 1 saturated carbocycles. The first-order chi connectivity index (χ1) is 19.9. The normalized spacial score (nSPS) is 20.7. The van der Waals surface area contributed by atoms with Crippen molar-refractivity contribution in [2.75, 3.05) is 44.3 Å². The number of piperazine rings is 1. The minimum atomic E-state index is 0.411. The van der Waals surface area contributed by atoms with Gasteiger partial charge in [-0.1, -0.05) is 23.7 Å². The first kappa shape index (κ1) is 26.3. The number of aromatic nitrogens is 5. The largest absolute Gasteiger partial charge is 0.383 e. The van der Waals surface area contributed by atoms with E-state index >= 15 is 0 Å². The Morgan fingerprint density at radius 3 is 2.46 bits per heavy atom. The summed E-state index contributed by atoms with van der Waals surface area (Å²) in [7, 11) is 2.22. The predicted octanol–water partition coefficient (Wildman–Crippen LogP) is 5.99. The standard InChI is InChI=1S/C31H36ClN9/c1-19-15-25(32)28-26(16-19)37-31(38-28)36-21-5-3-20(4-6-21)24-17-41(30-27(24)29(33)34-18-35-30)23-9-7-22(8-10-23)40-13-11-39(2)12-14-40/h3-6,15-18,22-23H,7-14H2,1-2H3,(H2,33,34,35)(H2,36,37,38)/t22-,23+. The summed E-state index contributed by atoms with van der Waals surface area (Å²) in [6.45, 7) is 6.72. The highest BCUT2D eigenvalue weighted by Crippen LogP contribution is 2.39. The quantitative estimate of drug-likeness (QED) is 0.239. The zero-order valence-corrected chi connectivity index (χ0v) is 24.3. The third kappa shape index (κ3) is 5.03. The third-order valence-electron chi connectivity index (χ3n) is 8.90. The summed E-state index contributed by atoms with van der Waals surface area (Å²) in [4.78, 5) is 22.1. The Morgan fingerprint density at radius 1 is 0.976 bits per heavy atom. The van der Waals surface area contributed by atoms with E-state index in [1.54, 1.807) is 6.33 Å². The van der Waals surface area contributed by atoms with Crippen molar-refractivity contribution >= 4 is 51.1 Å². The van der Waals surface area contributed by atoms with Crippen molar-refractivity contribution in [3.63, 3.8) is 0 Å². The van der Waals surface area contributed by atoms with Crippen molar-refractivity contribution < 1.29 is 0 Å². The maximum absolute atomic E-state index is 6.45. The monoisotopic (exact) mass is 569 g/mol. The molecule has 41 heavy (non-hydrogen) atoms. The maximum Gasteiger partial charge on any atom is 0.205 e. The summed E-state index contributed by atoms with van der Waals surface area (Å²) >= 11 is 6.40. The molecular weight excluding hydrogens is 534 g/mol. The molecule has 2 aliphatic rings. The average Bonchev–Trinajstić information content (AvgIpc) is 3.56. The van der Waals surface area contributed by atoms with Gasteiger partial charge in [0.15, 0.2) is 0 Å². The van der Waals surface area contributed by atoms with Crippen molar-refractivity contribution in [2.24, 2.45) is 0 Å². The van der Waals surface area contributed by atoms with Gasteiger partial charge in [0.25, 0.3) is 0 Å². The Morgan fingerprint density at radius 2 is 1.71 bits per heavy atom. The van der Waals surface area contributed by atoms with Gasteiger partial charge < -0.3 is 25.5 Å². The number of hydrogen-bond donors (Lipinski definition) is 3. The number of halogens is 1. The molecule has 9 nitrogen and oxygen atoms in total. The first-order valence-corrected chi connectivity index (χ1v) is 14.9. The van der Waals surface area contributed by atoms with Gasteiger partial charge in [0.2, 0.25) is 5.95 Å². The highest BCUT2D eigenvalue weighted by atomic mass is 35.5. The number of rotatable bonds is 5. The second kappa shape index (κ2) is 10.6. The second-order valence-electron chi connectivity index (χ2n) is 11.6. The molecule has 2 aromatic carbocycles. The number of H-pyrrole nitrogens is 1. The van der Waals surface area contributed by atoms with Crippen LogP contribution in [-0.4, -0.2) is 73.6 Å². The average molecular weight is 570 g/mol. The highest BCUT2D eigenvalue weighted by molar-refractivity contribution is 6.35. The zero-order valence-electron chi connectivity index (χ0n) is 23.6. The van der Waals surface area contributed by atoms with Gasteiger partial charge in [0, 0.05) is 55.7 Å². The van der Waals surface area contributed by atoms with Crippen molar-refractivity contribution in [1.29, 1.82) is 0 Å². The van der Waals surface area contributed by atoms with Gasteiger partial charge in [-0.2, -0.15) is 0 Å². The number of nitrogen functional groups attached to an aromatic ring is 1. The molecule has 7 rings (SSSR count). The van der Waals surface area contributed by atoms with Gasteiger partial charge in [-0.15, -0.1) is 0 Å². The van der Waals surface area contributed by atoms with Gasteiger partial charge in [-0.3, -0.25) is 4.90 Å². The van der Waals surface area contributed by atoms with E-state index < -0.39 is 0 Å². The highest BCUT2D eigenvalue weighted by Gasteiger charge is 2.30. The number of aromatic amines is 1. The number of anilines is 3. The van der Waals surface area contributed by atoms with Gasteiger partial charge in [-0.25, -0.2) is 15.0 Å². The molecule has 5 aromatic rings. The van der Waals surface area contributed by atoms with E-state index in [-0.39, 0.29) is 0 Å². The minimum Gasteiger partial charge on any atom is -0.383 e. The Kier molecular flexibility index (Phi) is 6.81. The number of aryl methyl sites for hydroxylation is 1. The molecule has 0 unspecified atom stereocenters. The van der Waals surface area contributed by atoms with E-state index in [2.05, 4.69) is 72.1 Å². The molecule has 0 bridgehead atoms. The fourth-order valence-electron chi connectivity index (χ4n) is 6.63. The molecule has 0 amide bonds. The lowest BCUT2D eigenvalue weighted by atomic mass is 9.89. The van der Waals surface area contributed by atoms with Crippen LogP contribution in [0.5, 0.6) is 0 Å². The molecule has 1 aliphatic heterocycles. The topological polar surface area (TPSA) is 104 Å².